The summed E-state index contributed by atoms with van der Waals surface area (Å²) in [6.45, 7) is 0.893. The molecule has 0 bridgehead atoms. The maximum absolute atomic E-state index is 12.9. The minimum Gasteiger partial charge on any atom is -0.467 e. The summed E-state index contributed by atoms with van der Waals surface area (Å²) < 4.78 is 6.59. The standard InChI is InChI=1S/C21H19N3O4S/c25-19(23(13-15-5-3-11-28-15)14-16-6-4-12-29-16)9-10-24-21(27)18-8-2-1-7-17(18)20(26)22-24/h1-8,11-12H,9-10,13-14H2,(H,22,26). The van der Waals surface area contributed by atoms with Gasteiger partial charge in [-0.2, -0.15) is 0 Å². The molecule has 0 saturated heterocycles. The molecule has 0 saturated carbocycles. The summed E-state index contributed by atoms with van der Waals surface area (Å²) in [4.78, 5) is 40.5. The van der Waals surface area contributed by atoms with Crippen molar-refractivity contribution in [3.63, 3.8) is 0 Å². The van der Waals surface area contributed by atoms with Gasteiger partial charge in [-0.25, -0.2) is 4.68 Å². The number of thiophene rings is 1. The average Bonchev–Trinajstić information content (AvgIpc) is 3.43. The van der Waals surface area contributed by atoms with E-state index < -0.39 is 0 Å². The number of benzene rings is 1. The molecule has 3 aromatic heterocycles. The van der Waals surface area contributed by atoms with Crippen LogP contribution in [0, 0.1) is 0 Å². The molecule has 3 heterocycles. The lowest BCUT2D eigenvalue weighted by Crippen LogP contribution is -2.34. The Bertz CT molecular complexity index is 1190. The largest absolute Gasteiger partial charge is 0.467 e. The van der Waals surface area contributed by atoms with E-state index in [0.717, 1.165) is 4.88 Å². The number of rotatable bonds is 7. The molecule has 4 aromatic rings. The first-order chi connectivity index (χ1) is 14.1. The van der Waals surface area contributed by atoms with Gasteiger partial charge in [0.25, 0.3) is 11.1 Å². The summed E-state index contributed by atoms with van der Waals surface area (Å²) in [6, 6.07) is 14.2. The lowest BCUT2D eigenvalue weighted by Gasteiger charge is -2.21. The summed E-state index contributed by atoms with van der Waals surface area (Å²) in [5.41, 5.74) is -0.664. The molecule has 0 aliphatic carbocycles. The number of hydrogen-bond acceptors (Lipinski definition) is 5. The van der Waals surface area contributed by atoms with Gasteiger partial charge in [-0.3, -0.25) is 19.5 Å². The third-order valence-electron chi connectivity index (χ3n) is 4.64. The molecule has 1 aromatic carbocycles. The van der Waals surface area contributed by atoms with Gasteiger partial charge in [0.1, 0.15) is 5.76 Å². The molecular weight excluding hydrogens is 390 g/mol. The Hall–Kier alpha value is -3.39. The Morgan fingerprint density at radius 1 is 1.03 bits per heavy atom. The topological polar surface area (TPSA) is 88.3 Å². The number of carbonyl (C=O) groups is 1. The van der Waals surface area contributed by atoms with Gasteiger partial charge in [-0.15, -0.1) is 11.3 Å². The number of aromatic amines is 1. The SMILES string of the molecule is O=C(CCn1[nH]c(=O)c2ccccc2c1=O)N(Cc1ccco1)Cc1cccs1. The third-order valence-corrected chi connectivity index (χ3v) is 5.50. The number of nitrogens with zero attached hydrogens (tertiary/aromatic N) is 2. The summed E-state index contributed by atoms with van der Waals surface area (Å²) >= 11 is 1.57. The first-order valence-corrected chi connectivity index (χ1v) is 10.0. The average molecular weight is 409 g/mol. The van der Waals surface area contributed by atoms with E-state index in [9.17, 15) is 14.4 Å². The van der Waals surface area contributed by atoms with E-state index in [4.69, 9.17) is 4.42 Å². The van der Waals surface area contributed by atoms with Gasteiger partial charge in [0.2, 0.25) is 5.91 Å². The van der Waals surface area contributed by atoms with Crippen molar-refractivity contribution >= 4 is 28.0 Å². The van der Waals surface area contributed by atoms with Crippen LogP contribution in [0.5, 0.6) is 0 Å². The third kappa shape index (κ3) is 4.22. The number of fused-ring (bicyclic) bond motifs is 1. The number of H-pyrrole nitrogens is 1. The quantitative estimate of drug-likeness (QED) is 0.508. The number of hydrogen-bond donors (Lipinski definition) is 1. The van der Waals surface area contributed by atoms with Crippen LogP contribution in [0.1, 0.15) is 17.1 Å². The molecule has 29 heavy (non-hydrogen) atoms. The highest BCUT2D eigenvalue weighted by Crippen LogP contribution is 2.16. The fourth-order valence-corrected chi connectivity index (χ4v) is 3.90. The summed E-state index contributed by atoms with van der Waals surface area (Å²) in [7, 11) is 0. The van der Waals surface area contributed by atoms with Crippen molar-refractivity contribution in [2.24, 2.45) is 0 Å². The molecule has 0 aliphatic heterocycles. The van der Waals surface area contributed by atoms with Crippen LogP contribution in [-0.4, -0.2) is 20.6 Å². The summed E-state index contributed by atoms with van der Waals surface area (Å²) in [5.74, 6) is 0.557. The molecule has 8 heteroatoms. The van der Waals surface area contributed by atoms with Crippen LogP contribution < -0.4 is 11.1 Å². The summed E-state index contributed by atoms with van der Waals surface area (Å²) in [5, 5.41) is 5.21. The molecule has 0 aliphatic rings. The van der Waals surface area contributed by atoms with Crippen LogP contribution in [0.25, 0.3) is 10.8 Å². The second kappa shape index (κ2) is 8.32. The van der Waals surface area contributed by atoms with Crippen LogP contribution in [0.2, 0.25) is 0 Å². The summed E-state index contributed by atoms with van der Waals surface area (Å²) in [6.07, 6.45) is 1.66. The number of nitrogens with one attached hydrogen (secondary N) is 1. The van der Waals surface area contributed by atoms with Gasteiger partial charge in [0, 0.05) is 11.3 Å². The molecule has 1 amide bonds. The van der Waals surface area contributed by atoms with E-state index >= 15 is 0 Å². The van der Waals surface area contributed by atoms with Gasteiger partial charge in [0.05, 0.1) is 36.7 Å². The van der Waals surface area contributed by atoms with Crippen molar-refractivity contribution < 1.29 is 9.21 Å². The van der Waals surface area contributed by atoms with E-state index in [-0.39, 0.29) is 30.0 Å². The molecule has 4 rings (SSSR count). The first kappa shape index (κ1) is 18.9. The van der Waals surface area contributed by atoms with Crippen LogP contribution in [0.4, 0.5) is 0 Å². The van der Waals surface area contributed by atoms with Crippen LogP contribution >= 0.6 is 11.3 Å². The van der Waals surface area contributed by atoms with Crippen molar-refractivity contribution in [1.29, 1.82) is 0 Å². The molecule has 7 nitrogen and oxygen atoms in total. The van der Waals surface area contributed by atoms with E-state index in [0.29, 0.717) is 29.6 Å². The number of aromatic nitrogens is 2. The molecule has 0 fully saturated rings. The first-order valence-electron chi connectivity index (χ1n) is 9.16. The lowest BCUT2D eigenvalue weighted by molar-refractivity contribution is -0.133. The van der Waals surface area contributed by atoms with Crippen LogP contribution in [0.15, 0.2) is 74.2 Å². The van der Waals surface area contributed by atoms with E-state index in [1.165, 1.54) is 4.68 Å². The Morgan fingerprint density at radius 3 is 2.59 bits per heavy atom. The predicted molar refractivity (Wildman–Crippen MR) is 111 cm³/mol. The van der Waals surface area contributed by atoms with Gasteiger partial charge < -0.3 is 9.32 Å². The van der Waals surface area contributed by atoms with Gasteiger partial charge in [0.15, 0.2) is 0 Å². The fraction of sp³-hybridized carbons (Fsp3) is 0.190. The Morgan fingerprint density at radius 2 is 1.86 bits per heavy atom. The van der Waals surface area contributed by atoms with Crippen molar-refractivity contribution in [1.82, 2.24) is 14.7 Å². The molecule has 148 valence electrons. The second-order valence-corrected chi connectivity index (χ2v) is 7.63. The Balaban J connectivity index is 1.53. The number of carbonyl (C=O) groups excluding carboxylic acids is 1. The smallest absolute Gasteiger partial charge is 0.273 e. The zero-order chi connectivity index (χ0) is 20.2. The zero-order valence-corrected chi connectivity index (χ0v) is 16.4. The number of amides is 1. The normalized spacial score (nSPS) is 11.0. The number of aryl methyl sites for hydroxylation is 1. The molecule has 0 unspecified atom stereocenters. The molecule has 0 spiro atoms. The monoisotopic (exact) mass is 409 g/mol. The Labute approximate surface area is 169 Å². The van der Waals surface area contributed by atoms with E-state index in [1.807, 2.05) is 23.6 Å². The van der Waals surface area contributed by atoms with Gasteiger partial charge >= 0.3 is 0 Å². The predicted octanol–water partition coefficient (Wildman–Crippen LogP) is 2.96. The molecule has 0 atom stereocenters. The van der Waals surface area contributed by atoms with Crippen molar-refractivity contribution in [2.75, 3.05) is 0 Å². The van der Waals surface area contributed by atoms with Crippen LogP contribution in [0.3, 0.4) is 0 Å². The van der Waals surface area contributed by atoms with Gasteiger partial charge in [-0.05, 0) is 35.7 Å². The fourth-order valence-electron chi connectivity index (χ4n) is 3.18. The molecule has 1 N–H and O–H groups in total. The maximum atomic E-state index is 12.9. The van der Waals surface area contributed by atoms with E-state index in [1.54, 1.807) is 52.8 Å². The van der Waals surface area contributed by atoms with Crippen molar-refractivity contribution in [3.05, 3.63) is 91.5 Å². The van der Waals surface area contributed by atoms with Crippen LogP contribution in [-0.2, 0) is 24.4 Å². The minimum atomic E-state index is -0.348. The van der Waals surface area contributed by atoms with Gasteiger partial charge in [-0.1, -0.05) is 18.2 Å². The molecular formula is C21H19N3O4S. The highest BCUT2D eigenvalue weighted by Gasteiger charge is 2.17. The van der Waals surface area contributed by atoms with E-state index in [2.05, 4.69) is 5.10 Å². The molecule has 0 radical (unpaired) electrons. The zero-order valence-electron chi connectivity index (χ0n) is 15.5. The highest BCUT2D eigenvalue weighted by molar-refractivity contribution is 7.09. The highest BCUT2D eigenvalue weighted by atomic mass is 32.1. The second-order valence-electron chi connectivity index (χ2n) is 6.60. The lowest BCUT2D eigenvalue weighted by atomic mass is 10.2. The van der Waals surface area contributed by atoms with Crippen molar-refractivity contribution in [2.45, 2.75) is 26.1 Å². The maximum Gasteiger partial charge on any atom is 0.273 e. The Kier molecular flexibility index (Phi) is 5.44. The van der Waals surface area contributed by atoms with Crippen molar-refractivity contribution in [3.8, 4) is 0 Å². The number of furan rings is 1. The minimum absolute atomic E-state index is 0.0836.